The normalized spacial score (nSPS) is 10.2. The Morgan fingerprint density at radius 1 is 1.00 bits per heavy atom. The monoisotopic (exact) mass is 360 g/mol. The first-order valence-electron chi connectivity index (χ1n) is 8.10. The van der Waals surface area contributed by atoms with E-state index >= 15 is 0 Å². The maximum atomic E-state index is 11.8. The van der Waals surface area contributed by atoms with E-state index in [9.17, 15) is 9.59 Å². The third-order valence-corrected chi connectivity index (χ3v) is 3.63. The van der Waals surface area contributed by atoms with Crippen LogP contribution in [-0.2, 0) is 16.2 Å². The van der Waals surface area contributed by atoms with Crippen molar-refractivity contribution in [3.63, 3.8) is 0 Å². The molecule has 0 aliphatic rings. The standard InChI is InChI=1S/C19H21ClN2O3/c1-2-3-18(23)21-12-19(24)22-16-8-10-17(11-9-16)25-13-14-4-6-15(20)7-5-14/h4-11H,2-3,12-13H2,1H3,(H,21,23)(H,22,24). The van der Waals surface area contributed by atoms with Crippen LogP contribution in [0.1, 0.15) is 25.3 Å². The Morgan fingerprint density at radius 3 is 2.32 bits per heavy atom. The van der Waals surface area contributed by atoms with E-state index in [1.165, 1.54) is 0 Å². The fourth-order valence-corrected chi connectivity index (χ4v) is 2.21. The number of carbonyl (C=O) groups excluding carboxylic acids is 2. The van der Waals surface area contributed by atoms with Gasteiger partial charge in [0.1, 0.15) is 12.4 Å². The molecule has 2 amide bonds. The van der Waals surface area contributed by atoms with Crippen LogP contribution in [0.25, 0.3) is 0 Å². The Bertz CT molecular complexity index is 700. The van der Waals surface area contributed by atoms with Crippen molar-refractivity contribution in [1.29, 1.82) is 0 Å². The fraction of sp³-hybridized carbons (Fsp3) is 0.263. The maximum absolute atomic E-state index is 11.8. The number of hydrogen-bond acceptors (Lipinski definition) is 3. The molecule has 0 heterocycles. The summed E-state index contributed by atoms with van der Waals surface area (Å²) in [5, 5.41) is 5.98. The van der Waals surface area contributed by atoms with Gasteiger partial charge in [-0.15, -0.1) is 0 Å². The minimum atomic E-state index is -0.265. The van der Waals surface area contributed by atoms with Gasteiger partial charge in [0, 0.05) is 17.1 Å². The first-order valence-corrected chi connectivity index (χ1v) is 8.48. The molecule has 2 N–H and O–H groups in total. The number of hydrogen-bond donors (Lipinski definition) is 2. The Hall–Kier alpha value is -2.53. The summed E-state index contributed by atoms with van der Waals surface area (Å²) in [5.41, 5.74) is 1.66. The van der Waals surface area contributed by atoms with Crippen molar-refractivity contribution in [3.05, 3.63) is 59.1 Å². The lowest BCUT2D eigenvalue weighted by molar-refractivity contribution is -0.124. The van der Waals surface area contributed by atoms with Crippen LogP contribution in [0.15, 0.2) is 48.5 Å². The van der Waals surface area contributed by atoms with Crippen molar-refractivity contribution in [2.24, 2.45) is 0 Å². The average Bonchev–Trinajstić information content (AvgIpc) is 2.61. The molecule has 0 aliphatic heterocycles. The molecule has 2 aromatic rings. The third-order valence-electron chi connectivity index (χ3n) is 3.38. The number of carbonyl (C=O) groups is 2. The van der Waals surface area contributed by atoms with E-state index in [0.29, 0.717) is 29.5 Å². The molecule has 0 radical (unpaired) electrons. The highest BCUT2D eigenvalue weighted by molar-refractivity contribution is 6.30. The lowest BCUT2D eigenvalue weighted by Crippen LogP contribution is -2.32. The summed E-state index contributed by atoms with van der Waals surface area (Å²) in [6.07, 6.45) is 1.18. The molecule has 0 saturated carbocycles. The number of rotatable bonds is 8. The van der Waals surface area contributed by atoms with Crippen molar-refractivity contribution >= 4 is 29.1 Å². The molecule has 2 aromatic carbocycles. The zero-order chi connectivity index (χ0) is 18.1. The molecule has 0 bridgehead atoms. The quantitative estimate of drug-likeness (QED) is 0.753. The van der Waals surface area contributed by atoms with Crippen molar-refractivity contribution < 1.29 is 14.3 Å². The molecule has 0 fully saturated rings. The third kappa shape index (κ3) is 6.85. The lowest BCUT2D eigenvalue weighted by atomic mass is 10.2. The van der Waals surface area contributed by atoms with E-state index in [4.69, 9.17) is 16.3 Å². The molecular weight excluding hydrogens is 340 g/mol. The Morgan fingerprint density at radius 2 is 1.68 bits per heavy atom. The van der Waals surface area contributed by atoms with E-state index in [1.807, 2.05) is 31.2 Å². The van der Waals surface area contributed by atoms with Gasteiger partial charge in [0.05, 0.1) is 6.54 Å². The molecule has 0 saturated heterocycles. The second-order valence-corrected chi connectivity index (χ2v) is 5.95. The van der Waals surface area contributed by atoms with Gasteiger partial charge in [-0.1, -0.05) is 30.7 Å². The van der Waals surface area contributed by atoms with Crippen LogP contribution in [-0.4, -0.2) is 18.4 Å². The van der Waals surface area contributed by atoms with Crippen LogP contribution >= 0.6 is 11.6 Å². The average molecular weight is 361 g/mol. The largest absolute Gasteiger partial charge is 0.489 e. The van der Waals surface area contributed by atoms with Gasteiger partial charge < -0.3 is 15.4 Å². The molecule has 0 atom stereocenters. The molecule has 0 spiro atoms. The summed E-state index contributed by atoms with van der Waals surface area (Å²) in [7, 11) is 0. The summed E-state index contributed by atoms with van der Waals surface area (Å²) < 4.78 is 5.68. The highest BCUT2D eigenvalue weighted by Gasteiger charge is 2.05. The van der Waals surface area contributed by atoms with Crippen LogP contribution in [0, 0.1) is 0 Å². The second-order valence-electron chi connectivity index (χ2n) is 5.51. The minimum Gasteiger partial charge on any atom is -0.489 e. The van der Waals surface area contributed by atoms with Crippen LogP contribution in [0.5, 0.6) is 5.75 Å². The highest BCUT2D eigenvalue weighted by atomic mass is 35.5. The van der Waals surface area contributed by atoms with Gasteiger partial charge in [-0.2, -0.15) is 0 Å². The van der Waals surface area contributed by atoms with Crippen LogP contribution in [0.2, 0.25) is 5.02 Å². The predicted molar refractivity (Wildman–Crippen MR) is 98.8 cm³/mol. The van der Waals surface area contributed by atoms with E-state index in [-0.39, 0.29) is 18.4 Å². The van der Waals surface area contributed by atoms with Gasteiger partial charge in [0.15, 0.2) is 0 Å². The molecule has 5 nitrogen and oxygen atoms in total. The van der Waals surface area contributed by atoms with E-state index in [1.54, 1.807) is 24.3 Å². The van der Waals surface area contributed by atoms with Gasteiger partial charge >= 0.3 is 0 Å². The van der Waals surface area contributed by atoms with E-state index in [2.05, 4.69) is 10.6 Å². The van der Waals surface area contributed by atoms with E-state index in [0.717, 1.165) is 12.0 Å². The molecule has 25 heavy (non-hydrogen) atoms. The number of anilines is 1. The summed E-state index contributed by atoms with van der Waals surface area (Å²) in [4.78, 5) is 23.1. The number of ether oxygens (including phenoxy) is 1. The summed E-state index contributed by atoms with van der Waals surface area (Å²) in [6.45, 7) is 2.32. The van der Waals surface area contributed by atoms with Crippen molar-refractivity contribution in [2.75, 3.05) is 11.9 Å². The van der Waals surface area contributed by atoms with Crippen LogP contribution < -0.4 is 15.4 Å². The fourth-order valence-electron chi connectivity index (χ4n) is 2.08. The number of nitrogens with one attached hydrogen (secondary N) is 2. The predicted octanol–water partition coefficient (Wildman–Crippen LogP) is 3.77. The minimum absolute atomic E-state index is 0.0341. The maximum Gasteiger partial charge on any atom is 0.243 e. The van der Waals surface area contributed by atoms with Crippen molar-refractivity contribution in [1.82, 2.24) is 5.32 Å². The zero-order valence-electron chi connectivity index (χ0n) is 14.0. The Balaban J connectivity index is 1.78. The number of amides is 2. The van der Waals surface area contributed by atoms with Gasteiger partial charge in [-0.3, -0.25) is 9.59 Å². The van der Waals surface area contributed by atoms with Crippen LogP contribution in [0.3, 0.4) is 0 Å². The van der Waals surface area contributed by atoms with E-state index < -0.39 is 0 Å². The SMILES string of the molecule is CCCC(=O)NCC(=O)Nc1ccc(OCc2ccc(Cl)cc2)cc1. The first-order chi connectivity index (χ1) is 12.1. The zero-order valence-corrected chi connectivity index (χ0v) is 14.8. The summed E-state index contributed by atoms with van der Waals surface area (Å²) in [6, 6.07) is 14.5. The van der Waals surface area contributed by atoms with Crippen molar-refractivity contribution in [3.8, 4) is 5.75 Å². The molecule has 0 unspecified atom stereocenters. The topological polar surface area (TPSA) is 67.4 Å². The summed E-state index contributed by atoms with van der Waals surface area (Å²) in [5.74, 6) is 0.312. The Kier molecular flexibility index (Phi) is 7.29. The van der Waals surface area contributed by atoms with Gasteiger partial charge in [-0.25, -0.2) is 0 Å². The Labute approximate surface area is 152 Å². The highest BCUT2D eigenvalue weighted by Crippen LogP contribution is 2.17. The molecule has 132 valence electrons. The molecular formula is C19H21ClN2O3. The second kappa shape index (κ2) is 9.69. The smallest absolute Gasteiger partial charge is 0.243 e. The molecule has 0 aromatic heterocycles. The van der Waals surface area contributed by atoms with Crippen LogP contribution in [0.4, 0.5) is 5.69 Å². The number of halogens is 1. The van der Waals surface area contributed by atoms with Gasteiger partial charge in [0.25, 0.3) is 0 Å². The van der Waals surface area contributed by atoms with Crippen molar-refractivity contribution in [2.45, 2.75) is 26.4 Å². The first kappa shape index (κ1) is 18.8. The summed E-state index contributed by atoms with van der Waals surface area (Å²) >= 11 is 5.84. The van der Waals surface area contributed by atoms with Gasteiger partial charge in [-0.05, 0) is 48.4 Å². The molecule has 2 rings (SSSR count). The lowest BCUT2D eigenvalue weighted by Gasteiger charge is -2.09. The molecule has 6 heteroatoms. The molecule has 0 aliphatic carbocycles. The van der Waals surface area contributed by atoms with Gasteiger partial charge in [0.2, 0.25) is 11.8 Å². The number of benzene rings is 2.